The third-order valence-electron chi connectivity index (χ3n) is 4.65. The first-order valence-electron chi connectivity index (χ1n) is 7.50. The van der Waals surface area contributed by atoms with Gasteiger partial charge in [0.15, 0.2) is 0 Å². The molecule has 1 aliphatic carbocycles. The van der Waals surface area contributed by atoms with Crippen molar-refractivity contribution >= 4 is 28.8 Å². The molecule has 1 saturated carbocycles. The lowest BCUT2D eigenvalue weighted by Gasteiger charge is -2.39. The van der Waals surface area contributed by atoms with Gasteiger partial charge in [0.05, 0.1) is 0 Å². The molecule has 0 aromatic heterocycles. The summed E-state index contributed by atoms with van der Waals surface area (Å²) >= 11 is 5.01. The Morgan fingerprint density at radius 3 is 2.71 bits per heavy atom. The molecule has 4 heteroatoms. The van der Waals surface area contributed by atoms with E-state index >= 15 is 0 Å². The van der Waals surface area contributed by atoms with E-state index in [2.05, 4.69) is 13.8 Å². The Morgan fingerprint density at radius 2 is 2.10 bits per heavy atom. The molecule has 1 amide bonds. The lowest BCUT2D eigenvalue weighted by Crippen LogP contribution is -2.42. The molecule has 1 aromatic rings. The number of amides is 1. The summed E-state index contributed by atoms with van der Waals surface area (Å²) in [5.41, 5.74) is 7.40. The van der Waals surface area contributed by atoms with Crippen molar-refractivity contribution in [2.24, 2.45) is 17.1 Å². The van der Waals surface area contributed by atoms with Crippen molar-refractivity contribution in [3.63, 3.8) is 0 Å². The van der Waals surface area contributed by atoms with Gasteiger partial charge in [0, 0.05) is 24.2 Å². The first kappa shape index (κ1) is 16.0. The number of rotatable bonds is 3. The van der Waals surface area contributed by atoms with E-state index < -0.39 is 0 Å². The number of carbonyl (C=O) groups is 1. The van der Waals surface area contributed by atoms with Gasteiger partial charge in [-0.25, -0.2) is 0 Å². The van der Waals surface area contributed by atoms with Crippen LogP contribution in [0.5, 0.6) is 0 Å². The Hall–Kier alpha value is -1.42. The Balaban J connectivity index is 2.22. The second-order valence-corrected chi connectivity index (χ2v) is 7.04. The number of nitrogens with zero attached hydrogens (tertiary/aromatic N) is 1. The highest BCUT2D eigenvalue weighted by Crippen LogP contribution is 2.41. The van der Waals surface area contributed by atoms with E-state index in [1.165, 1.54) is 6.42 Å². The molecule has 2 N–H and O–H groups in total. The zero-order valence-corrected chi connectivity index (χ0v) is 13.9. The molecule has 0 aliphatic heterocycles. The van der Waals surface area contributed by atoms with Crippen LogP contribution >= 0.6 is 12.2 Å². The van der Waals surface area contributed by atoms with Crippen LogP contribution in [-0.4, -0.2) is 17.9 Å². The van der Waals surface area contributed by atoms with Crippen molar-refractivity contribution in [2.45, 2.75) is 39.5 Å². The number of hydrogen-bond acceptors (Lipinski definition) is 2. The van der Waals surface area contributed by atoms with Crippen LogP contribution in [0.4, 0.5) is 5.69 Å². The summed E-state index contributed by atoms with van der Waals surface area (Å²) in [7, 11) is 1.84. The monoisotopic (exact) mass is 304 g/mol. The van der Waals surface area contributed by atoms with Crippen LogP contribution in [0.2, 0.25) is 0 Å². The summed E-state index contributed by atoms with van der Waals surface area (Å²) < 4.78 is 0. The summed E-state index contributed by atoms with van der Waals surface area (Å²) in [6.07, 6.45) is 4.45. The molecule has 114 valence electrons. The number of carbonyl (C=O) groups excluding carboxylic acids is 1. The van der Waals surface area contributed by atoms with Crippen LogP contribution in [-0.2, 0) is 4.79 Å². The third-order valence-corrected chi connectivity index (χ3v) is 4.89. The van der Waals surface area contributed by atoms with Gasteiger partial charge in [0.25, 0.3) is 0 Å². The predicted octanol–water partition coefficient (Wildman–Crippen LogP) is 3.50. The molecule has 1 aliphatic rings. The first-order chi connectivity index (χ1) is 9.83. The highest BCUT2D eigenvalue weighted by atomic mass is 32.1. The van der Waals surface area contributed by atoms with Gasteiger partial charge in [-0.3, -0.25) is 4.79 Å². The zero-order chi connectivity index (χ0) is 15.6. The minimum absolute atomic E-state index is 0.0738. The summed E-state index contributed by atoms with van der Waals surface area (Å²) in [5.74, 6) is 0.282. The normalized spacial score (nSPS) is 20.8. The summed E-state index contributed by atoms with van der Waals surface area (Å²) in [5, 5.41) is 0. The van der Waals surface area contributed by atoms with Gasteiger partial charge in [-0.2, -0.15) is 0 Å². The lowest BCUT2D eigenvalue weighted by molar-refractivity contribution is -0.127. The quantitative estimate of drug-likeness (QED) is 0.869. The predicted molar refractivity (Wildman–Crippen MR) is 91.5 cm³/mol. The van der Waals surface area contributed by atoms with Gasteiger partial charge in [0.2, 0.25) is 5.91 Å². The molecule has 0 saturated heterocycles. The summed E-state index contributed by atoms with van der Waals surface area (Å²) in [6, 6.07) is 7.57. The SMILES string of the molecule is CN(C(=O)C1CCCCC1(C)C)c1cccc(C(N)=S)c1. The number of benzene rings is 1. The minimum atomic E-state index is 0.0738. The second-order valence-electron chi connectivity index (χ2n) is 6.60. The lowest BCUT2D eigenvalue weighted by atomic mass is 9.68. The van der Waals surface area contributed by atoms with Crippen LogP contribution in [0.3, 0.4) is 0 Å². The standard InChI is InChI=1S/C17H24N2OS/c1-17(2)10-5-4-9-14(17)16(20)19(3)13-8-6-7-12(11-13)15(18)21/h6-8,11,14H,4-5,9-10H2,1-3H3,(H2,18,21). The molecular weight excluding hydrogens is 280 g/mol. The molecule has 0 spiro atoms. The van der Waals surface area contributed by atoms with E-state index in [1.807, 2.05) is 31.3 Å². The van der Waals surface area contributed by atoms with E-state index in [1.54, 1.807) is 4.90 Å². The van der Waals surface area contributed by atoms with Crippen molar-refractivity contribution < 1.29 is 4.79 Å². The molecule has 2 rings (SSSR count). The maximum Gasteiger partial charge on any atom is 0.230 e. The molecule has 0 heterocycles. The zero-order valence-electron chi connectivity index (χ0n) is 13.1. The van der Waals surface area contributed by atoms with E-state index in [4.69, 9.17) is 18.0 Å². The van der Waals surface area contributed by atoms with Gasteiger partial charge in [-0.15, -0.1) is 0 Å². The number of anilines is 1. The topological polar surface area (TPSA) is 46.3 Å². The van der Waals surface area contributed by atoms with Crippen LogP contribution in [0.15, 0.2) is 24.3 Å². The van der Waals surface area contributed by atoms with E-state index in [0.717, 1.165) is 30.5 Å². The largest absolute Gasteiger partial charge is 0.389 e. The summed E-state index contributed by atoms with van der Waals surface area (Å²) in [4.78, 5) is 15.0. The third kappa shape index (κ3) is 3.43. The molecular formula is C17H24N2OS. The van der Waals surface area contributed by atoms with Crippen molar-refractivity contribution in [3.05, 3.63) is 29.8 Å². The Bertz CT molecular complexity index is 553. The van der Waals surface area contributed by atoms with E-state index in [0.29, 0.717) is 4.99 Å². The first-order valence-corrected chi connectivity index (χ1v) is 7.91. The average molecular weight is 304 g/mol. The smallest absolute Gasteiger partial charge is 0.230 e. The minimum Gasteiger partial charge on any atom is -0.389 e. The molecule has 3 nitrogen and oxygen atoms in total. The highest BCUT2D eigenvalue weighted by molar-refractivity contribution is 7.80. The molecule has 1 unspecified atom stereocenters. The molecule has 0 bridgehead atoms. The van der Waals surface area contributed by atoms with Crippen LogP contribution in [0.25, 0.3) is 0 Å². The average Bonchev–Trinajstić information content (AvgIpc) is 2.45. The van der Waals surface area contributed by atoms with Gasteiger partial charge >= 0.3 is 0 Å². The Kier molecular flexibility index (Phi) is 4.67. The van der Waals surface area contributed by atoms with Crippen LogP contribution < -0.4 is 10.6 Å². The van der Waals surface area contributed by atoms with Crippen molar-refractivity contribution in [3.8, 4) is 0 Å². The van der Waals surface area contributed by atoms with Gasteiger partial charge in [0.1, 0.15) is 4.99 Å². The molecule has 1 fully saturated rings. The second kappa shape index (κ2) is 6.14. The molecule has 0 radical (unpaired) electrons. The van der Waals surface area contributed by atoms with E-state index in [-0.39, 0.29) is 17.2 Å². The van der Waals surface area contributed by atoms with Crippen LogP contribution in [0.1, 0.15) is 45.1 Å². The van der Waals surface area contributed by atoms with Crippen LogP contribution in [0, 0.1) is 11.3 Å². The van der Waals surface area contributed by atoms with Crippen molar-refractivity contribution in [1.29, 1.82) is 0 Å². The van der Waals surface area contributed by atoms with Gasteiger partial charge in [-0.05, 0) is 30.4 Å². The van der Waals surface area contributed by atoms with Crippen molar-refractivity contribution in [1.82, 2.24) is 0 Å². The number of hydrogen-bond donors (Lipinski definition) is 1. The number of nitrogens with two attached hydrogens (primary N) is 1. The maximum atomic E-state index is 12.9. The Labute approximate surface area is 132 Å². The highest BCUT2D eigenvalue weighted by Gasteiger charge is 2.38. The fourth-order valence-corrected chi connectivity index (χ4v) is 3.31. The Morgan fingerprint density at radius 1 is 1.38 bits per heavy atom. The summed E-state index contributed by atoms with van der Waals surface area (Å²) in [6.45, 7) is 4.40. The molecule has 21 heavy (non-hydrogen) atoms. The maximum absolute atomic E-state index is 12.9. The fraction of sp³-hybridized carbons (Fsp3) is 0.529. The molecule has 1 aromatic carbocycles. The van der Waals surface area contributed by atoms with E-state index in [9.17, 15) is 4.79 Å². The molecule has 1 atom stereocenters. The van der Waals surface area contributed by atoms with Crippen molar-refractivity contribution in [2.75, 3.05) is 11.9 Å². The van der Waals surface area contributed by atoms with Gasteiger partial charge in [-0.1, -0.05) is 51.0 Å². The fourth-order valence-electron chi connectivity index (χ4n) is 3.18. The van der Waals surface area contributed by atoms with Gasteiger partial charge < -0.3 is 10.6 Å². The number of thiocarbonyl (C=S) groups is 1.